The Labute approximate surface area is 183 Å². The van der Waals surface area contributed by atoms with Crippen molar-refractivity contribution in [2.45, 2.75) is 37.3 Å². The van der Waals surface area contributed by atoms with Crippen molar-refractivity contribution in [1.29, 1.82) is 0 Å². The molecule has 5 rings (SSSR count). The number of amides is 1. The Morgan fingerprint density at radius 2 is 2.00 bits per heavy atom. The monoisotopic (exact) mass is 436 g/mol. The summed E-state index contributed by atoms with van der Waals surface area (Å²) in [6.07, 6.45) is 2.44. The third-order valence-electron chi connectivity index (χ3n) is 6.21. The van der Waals surface area contributed by atoms with Gasteiger partial charge in [-0.2, -0.15) is 0 Å². The fourth-order valence-electron chi connectivity index (χ4n) is 4.29. The largest absolute Gasteiger partial charge is 0.378 e. The molecule has 31 heavy (non-hydrogen) atoms. The molecule has 1 unspecified atom stereocenters. The van der Waals surface area contributed by atoms with Crippen LogP contribution in [0.1, 0.15) is 47.2 Å². The van der Waals surface area contributed by atoms with E-state index in [4.69, 9.17) is 16.6 Å². The third-order valence-corrected chi connectivity index (χ3v) is 6.42. The van der Waals surface area contributed by atoms with Gasteiger partial charge < -0.3 is 15.0 Å². The van der Waals surface area contributed by atoms with Gasteiger partial charge in [-0.3, -0.25) is 9.59 Å². The van der Waals surface area contributed by atoms with Crippen LogP contribution < -0.4 is 5.56 Å². The Kier molecular flexibility index (Phi) is 4.87. The summed E-state index contributed by atoms with van der Waals surface area (Å²) in [5, 5.41) is 10.7. The van der Waals surface area contributed by atoms with Crippen molar-refractivity contribution >= 4 is 17.5 Å². The summed E-state index contributed by atoms with van der Waals surface area (Å²) in [6.45, 7) is 0.501. The average molecular weight is 437 g/mol. The number of benzene rings is 1. The predicted molar refractivity (Wildman–Crippen MR) is 115 cm³/mol. The van der Waals surface area contributed by atoms with Gasteiger partial charge in [0.15, 0.2) is 6.10 Å². The number of carbonyl (C=O) groups excluding carboxylic acids is 1. The predicted octanol–water partition coefficient (Wildman–Crippen LogP) is 2.52. The van der Waals surface area contributed by atoms with Crippen LogP contribution in [0.3, 0.4) is 0 Å². The van der Waals surface area contributed by atoms with Crippen molar-refractivity contribution in [2.24, 2.45) is 0 Å². The number of aromatic amines is 1. The average Bonchev–Trinajstić information content (AvgIpc) is 3.61. The van der Waals surface area contributed by atoms with E-state index in [0.29, 0.717) is 29.9 Å². The molecule has 1 aliphatic carbocycles. The Morgan fingerprint density at radius 3 is 2.71 bits per heavy atom. The van der Waals surface area contributed by atoms with Gasteiger partial charge in [-0.1, -0.05) is 41.9 Å². The quantitative estimate of drug-likeness (QED) is 0.612. The van der Waals surface area contributed by atoms with Crippen molar-refractivity contribution in [2.75, 3.05) is 6.54 Å². The highest BCUT2D eigenvalue weighted by Crippen LogP contribution is 2.51. The zero-order valence-corrected chi connectivity index (χ0v) is 17.5. The summed E-state index contributed by atoms with van der Waals surface area (Å²) in [5.41, 5.74) is 2.29. The van der Waals surface area contributed by atoms with E-state index >= 15 is 0 Å². The Morgan fingerprint density at radius 1 is 1.23 bits per heavy atom. The molecule has 158 valence electrons. The van der Waals surface area contributed by atoms with Gasteiger partial charge in [-0.05, 0) is 36.1 Å². The van der Waals surface area contributed by atoms with Crippen LogP contribution in [0.4, 0.5) is 0 Å². The van der Waals surface area contributed by atoms with E-state index in [1.165, 1.54) is 17.2 Å². The molecule has 0 radical (unpaired) electrons. The number of pyridine rings is 1. The normalized spacial score (nSPS) is 17.7. The summed E-state index contributed by atoms with van der Waals surface area (Å²) in [5.74, 6) is 0.230. The van der Waals surface area contributed by atoms with E-state index in [1.807, 2.05) is 18.2 Å². The van der Waals surface area contributed by atoms with Gasteiger partial charge in [-0.25, -0.2) is 9.97 Å². The van der Waals surface area contributed by atoms with E-state index in [2.05, 4.69) is 22.1 Å². The lowest BCUT2D eigenvalue weighted by molar-refractivity contribution is -0.141. The lowest BCUT2D eigenvalue weighted by atomic mass is 9.94. The Bertz CT molecular complexity index is 1210. The van der Waals surface area contributed by atoms with Crippen LogP contribution in [-0.4, -0.2) is 37.4 Å². The third kappa shape index (κ3) is 3.54. The Balaban J connectivity index is 1.40. The molecular formula is C23H21ClN4O3. The number of halogens is 1. The number of rotatable bonds is 4. The van der Waals surface area contributed by atoms with Crippen molar-refractivity contribution in [3.05, 3.63) is 92.4 Å². The molecule has 2 N–H and O–H groups in total. The zero-order valence-electron chi connectivity index (χ0n) is 16.7. The van der Waals surface area contributed by atoms with Crippen LogP contribution in [0, 0.1) is 0 Å². The van der Waals surface area contributed by atoms with Crippen molar-refractivity contribution in [3.63, 3.8) is 0 Å². The second kappa shape index (κ2) is 7.59. The molecule has 7 nitrogen and oxygen atoms in total. The molecule has 8 heteroatoms. The van der Waals surface area contributed by atoms with Gasteiger partial charge in [0.1, 0.15) is 11.0 Å². The summed E-state index contributed by atoms with van der Waals surface area (Å²) in [6, 6.07) is 13.1. The van der Waals surface area contributed by atoms with E-state index in [9.17, 15) is 14.7 Å². The van der Waals surface area contributed by atoms with Crippen molar-refractivity contribution in [3.8, 4) is 0 Å². The maximum absolute atomic E-state index is 12.9. The number of aliphatic hydroxyl groups excluding tert-OH is 1. The minimum Gasteiger partial charge on any atom is -0.378 e. The van der Waals surface area contributed by atoms with Gasteiger partial charge in [-0.15, -0.1) is 0 Å². The Hall–Kier alpha value is -3.03. The smallest absolute Gasteiger partial charge is 0.256 e. The first-order valence-corrected chi connectivity index (χ1v) is 10.6. The molecule has 1 aromatic carbocycles. The number of fused-ring (bicyclic) bond motifs is 1. The molecular weight excluding hydrogens is 416 g/mol. The topological polar surface area (TPSA) is 99.2 Å². The summed E-state index contributed by atoms with van der Waals surface area (Å²) in [4.78, 5) is 38.9. The number of hydrogen-bond donors (Lipinski definition) is 2. The molecule has 3 heterocycles. The van der Waals surface area contributed by atoms with Gasteiger partial charge in [0.25, 0.3) is 11.5 Å². The summed E-state index contributed by atoms with van der Waals surface area (Å²) in [7, 11) is 0. The maximum Gasteiger partial charge on any atom is 0.256 e. The highest BCUT2D eigenvalue weighted by Gasteiger charge is 2.48. The SMILES string of the molecule is O=C(C(O)c1ccnc(Cl)c1)N1CCc2nc(C3(c4ccccc4)CC3)[nH]c(=O)c2C1. The van der Waals surface area contributed by atoms with E-state index in [-0.39, 0.29) is 22.7 Å². The fraction of sp³-hybridized carbons (Fsp3) is 0.304. The molecule has 1 atom stereocenters. The van der Waals surface area contributed by atoms with Crippen LogP contribution in [0.15, 0.2) is 53.5 Å². The van der Waals surface area contributed by atoms with Gasteiger partial charge >= 0.3 is 0 Å². The number of aliphatic hydroxyl groups is 1. The summed E-state index contributed by atoms with van der Waals surface area (Å²) < 4.78 is 0. The first-order chi connectivity index (χ1) is 15.0. The van der Waals surface area contributed by atoms with Crippen molar-refractivity contribution in [1.82, 2.24) is 19.9 Å². The highest BCUT2D eigenvalue weighted by molar-refractivity contribution is 6.29. The molecule has 2 aliphatic rings. The minimum atomic E-state index is -1.36. The van der Waals surface area contributed by atoms with E-state index < -0.39 is 12.0 Å². The standard InChI is InChI=1S/C23H21ClN4O3/c24-18-12-14(6-10-25-18)19(29)21(31)28-11-7-17-16(13-28)20(30)27-22(26-17)23(8-9-23)15-4-2-1-3-5-15/h1-6,10,12,19,29H,7-9,11,13H2,(H,26,27,30). The number of hydrogen-bond acceptors (Lipinski definition) is 5. The van der Waals surface area contributed by atoms with Crippen LogP contribution >= 0.6 is 11.6 Å². The second-order valence-corrected chi connectivity index (χ2v) is 8.50. The van der Waals surface area contributed by atoms with Gasteiger partial charge in [0.05, 0.1) is 23.2 Å². The minimum absolute atomic E-state index is 0.116. The lowest BCUT2D eigenvalue weighted by Crippen LogP contribution is -2.42. The molecule has 1 amide bonds. The van der Waals surface area contributed by atoms with Gasteiger partial charge in [0.2, 0.25) is 0 Å². The highest BCUT2D eigenvalue weighted by atomic mass is 35.5. The van der Waals surface area contributed by atoms with E-state index in [0.717, 1.165) is 24.1 Å². The van der Waals surface area contributed by atoms with Crippen LogP contribution in [0.2, 0.25) is 5.15 Å². The molecule has 1 fully saturated rings. The number of nitrogens with zero attached hydrogens (tertiary/aromatic N) is 3. The molecule has 2 aromatic heterocycles. The number of aromatic nitrogens is 3. The lowest BCUT2D eigenvalue weighted by Gasteiger charge is -2.30. The van der Waals surface area contributed by atoms with Crippen LogP contribution in [0.5, 0.6) is 0 Å². The number of carbonyl (C=O) groups is 1. The van der Waals surface area contributed by atoms with Crippen LogP contribution in [0.25, 0.3) is 0 Å². The number of H-pyrrole nitrogens is 1. The number of nitrogens with one attached hydrogen (secondary N) is 1. The summed E-state index contributed by atoms with van der Waals surface area (Å²) >= 11 is 5.87. The molecule has 0 saturated heterocycles. The van der Waals surface area contributed by atoms with Crippen LogP contribution in [-0.2, 0) is 23.2 Å². The van der Waals surface area contributed by atoms with E-state index in [1.54, 1.807) is 6.07 Å². The molecule has 0 bridgehead atoms. The fourth-order valence-corrected chi connectivity index (χ4v) is 4.47. The maximum atomic E-state index is 12.9. The molecule has 1 saturated carbocycles. The zero-order chi connectivity index (χ0) is 21.6. The first kappa shape index (κ1) is 19.9. The van der Waals surface area contributed by atoms with Crippen molar-refractivity contribution < 1.29 is 9.90 Å². The molecule has 3 aromatic rings. The second-order valence-electron chi connectivity index (χ2n) is 8.11. The molecule has 1 aliphatic heterocycles. The molecule has 0 spiro atoms. The van der Waals surface area contributed by atoms with Gasteiger partial charge in [0, 0.05) is 19.2 Å². The first-order valence-electron chi connectivity index (χ1n) is 10.2.